The molecule has 0 aliphatic carbocycles. The van der Waals surface area contributed by atoms with Crippen LogP contribution in [-0.4, -0.2) is 81.2 Å². The third-order valence-electron chi connectivity index (χ3n) is 5.54. The van der Waals surface area contributed by atoms with Crippen LogP contribution >= 0.6 is 0 Å². The van der Waals surface area contributed by atoms with E-state index in [2.05, 4.69) is 5.32 Å². The van der Waals surface area contributed by atoms with Gasteiger partial charge in [-0.15, -0.1) is 0 Å². The Labute approximate surface area is 195 Å². The summed E-state index contributed by atoms with van der Waals surface area (Å²) in [6, 6.07) is 12.1. The highest BCUT2D eigenvalue weighted by Crippen LogP contribution is 2.31. The highest BCUT2D eigenvalue weighted by molar-refractivity contribution is 7.91. The number of amides is 2. The fraction of sp³-hybridized carbons (Fsp3) is 0.364. The van der Waals surface area contributed by atoms with E-state index in [0.29, 0.717) is 37.7 Å². The van der Waals surface area contributed by atoms with Gasteiger partial charge in [0, 0.05) is 26.2 Å². The predicted octanol–water partition coefficient (Wildman–Crippen LogP) is 1.61. The Morgan fingerprint density at radius 1 is 1.00 bits per heavy atom. The molecule has 0 unspecified atom stereocenters. The number of halogens is 2. The van der Waals surface area contributed by atoms with Gasteiger partial charge in [0.25, 0.3) is 5.91 Å². The third kappa shape index (κ3) is 5.12. The Hall–Kier alpha value is -3.25. The van der Waals surface area contributed by atoms with Gasteiger partial charge in [0.1, 0.15) is 6.61 Å². The summed E-state index contributed by atoms with van der Waals surface area (Å²) >= 11 is 0. The first-order valence-electron chi connectivity index (χ1n) is 10.6. The lowest BCUT2D eigenvalue weighted by atomic mass is 10.2. The molecule has 0 aromatic heterocycles. The summed E-state index contributed by atoms with van der Waals surface area (Å²) in [7, 11) is -4.86. The van der Waals surface area contributed by atoms with Crippen molar-refractivity contribution in [3.63, 3.8) is 0 Å². The highest BCUT2D eigenvalue weighted by Gasteiger charge is 2.33. The van der Waals surface area contributed by atoms with Gasteiger partial charge >= 0.3 is 5.76 Å². The maximum atomic E-state index is 12.9. The number of nitrogens with zero attached hydrogens (tertiary/aromatic N) is 2. The molecule has 2 aromatic rings. The molecule has 1 saturated heterocycles. The molecule has 1 fully saturated rings. The average molecular weight is 496 g/mol. The van der Waals surface area contributed by atoms with Crippen LogP contribution in [0, 0.1) is 0 Å². The third-order valence-corrected chi connectivity index (χ3v) is 6.98. The number of fused-ring (bicyclic) bond motifs is 1. The van der Waals surface area contributed by atoms with Crippen LogP contribution in [0.3, 0.4) is 0 Å². The van der Waals surface area contributed by atoms with Crippen molar-refractivity contribution >= 4 is 27.3 Å². The van der Waals surface area contributed by atoms with E-state index in [9.17, 15) is 26.8 Å². The van der Waals surface area contributed by atoms with Crippen molar-refractivity contribution in [2.45, 2.75) is 16.8 Å². The van der Waals surface area contributed by atoms with Gasteiger partial charge in [-0.05, 0) is 24.3 Å². The minimum atomic E-state index is -4.86. The molecule has 1 atom stereocenters. The van der Waals surface area contributed by atoms with Gasteiger partial charge in [-0.2, -0.15) is 8.78 Å². The van der Waals surface area contributed by atoms with Crippen molar-refractivity contribution in [3.8, 4) is 11.5 Å². The van der Waals surface area contributed by atoms with Crippen molar-refractivity contribution in [1.82, 2.24) is 9.80 Å². The number of carbonyl (C=O) groups excluding carboxylic acids is 2. The van der Waals surface area contributed by atoms with Crippen LogP contribution in [-0.2, 0) is 19.4 Å². The number of anilines is 1. The molecule has 4 rings (SSSR count). The molecule has 2 heterocycles. The number of alkyl halides is 2. The second-order valence-electron chi connectivity index (χ2n) is 7.82. The van der Waals surface area contributed by atoms with E-state index in [1.807, 2.05) is 6.07 Å². The molecule has 0 radical (unpaired) electrons. The van der Waals surface area contributed by atoms with E-state index < -0.39 is 32.5 Å². The molecule has 2 amide bonds. The molecule has 12 heteroatoms. The Balaban J connectivity index is 1.30. The molecule has 2 aliphatic heterocycles. The quantitative estimate of drug-likeness (QED) is 0.649. The van der Waals surface area contributed by atoms with Gasteiger partial charge in [-0.25, -0.2) is 8.42 Å². The van der Waals surface area contributed by atoms with Crippen molar-refractivity contribution in [2.24, 2.45) is 0 Å². The monoisotopic (exact) mass is 495 g/mol. The summed E-state index contributed by atoms with van der Waals surface area (Å²) in [5.74, 6) is -3.24. The average Bonchev–Trinajstić information content (AvgIpc) is 2.84. The van der Waals surface area contributed by atoms with Gasteiger partial charge in [0.05, 0.1) is 17.1 Å². The molecular weight excluding hydrogens is 472 g/mol. The molecule has 2 aliphatic rings. The van der Waals surface area contributed by atoms with E-state index in [4.69, 9.17) is 9.47 Å². The minimum absolute atomic E-state index is 0.0818. The zero-order valence-electron chi connectivity index (χ0n) is 18.0. The maximum Gasteiger partial charge on any atom is 0.341 e. The Morgan fingerprint density at radius 2 is 1.65 bits per heavy atom. The largest absolute Gasteiger partial charge is 0.485 e. The lowest BCUT2D eigenvalue weighted by Crippen LogP contribution is -2.54. The number of hydrogen-bond donors (Lipinski definition) is 1. The van der Waals surface area contributed by atoms with E-state index in [1.54, 1.807) is 28.0 Å². The van der Waals surface area contributed by atoms with Crippen molar-refractivity contribution in [1.29, 1.82) is 0 Å². The Morgan fingerprint density at radius 3 is 2.35 bits per heavy atom. The fourth-order valence-corrected chi connectivity index (χ4v) is 4.66. The fourth-order valence-electron chi connectivity index (χ4n) is 3.78. The number of para-hydroxylation sites is 3. The lowest BCUT2D eigenvalue weighted by molar-refractivity contribution is -0.143. The number of carbonyl (C=O) groups is 2. The van der Waals surface area contributed by atoms with Gasteiger partial charge in [0.15, 0.2) is 11.5 Å². The van der Waals surface area contributed by atoms with E-state index in [0.717, 1.165) is 6.07 Å². The SMILES string of the molecule is O=C(CN1CCN(C(=O)[C@@H]2COc3ccccc3O2)CC1)Nc1ccccc1S(=O)(=O)C(F)F. The van der Waals surface area contributed by atoms with Crippen LogP contribution < -0.4 is 14.8 Å². The molecular formula is C22H23F2N3O6S. The number of rotatable bonds is 6. The summed E-state index contributed by atoms with van der Waals surface area (Å²) in [5.41, 5.74) is -0.198. The molecule has 0 bridgehead atoms. The number of sulfone groups is 1. The first-order valence-corrected chi connectivity index (χ1v) is 12.1. The van der Waals surface area contributed by atoms with Gasteiger partial charge in [-0.3, -0.25) is 14.5 Å². The van der Waals surface area contributed by atoms with Crippen LogP contribution in [0.1, 0.15) is 0 Å². The summed E-state index contributed by atoms with van der Waals surface area (Å²) in [5, 5.41) is 2.40. The second-order valence-corrected chi connectivity index (χ2v) is 9.70. The molecule has 182 valence electrons. The first-order chi connectivity index (χ1) is 16.3. The lowest BCUT2D eigenvalue weighted by Gasteiger charge is -2.36. The van der Waals surface area contributed by atoms with Crippen molar-refractivity contribution in [2.75, 3.05) is 44.6 Å². The summed E-state index contributed by atoms with van der Waals surface area (Å²) < 4.78 is 61.0. The smallest absolute Gasteiger partial charge is 0.341 e. The molecule has 1 N–H and O–H groups in total. The van der Waals surface area contributed by atoms with Crippen LogP contribution in [0.15, 0.2) is 53.4 Å². The van der Waals surface area contributed by atoms with E-state index in [1.165, 1.54) is 18.2 Å². The van der Waals surface area contributed by atoms with Gasteiger partial charge in [-0.1, -0.05) is 24.3 Å². The molecule has 0 spiro atoms. The first kappa shape index (κ1) is 23.9. The second kappa shape index (κ2) is 9.94. The normalized spacial score (nSPS) is 18.6. The topological polar surface area (TPSA) is 105 Å². The van der Waals surface area contributed by atoms with Crippen LogP contribution in [0.25, 0.3) is 0 Å². The number of hydrogen-bond acceptors (Lipinski definition) is 7. The maximum absolute atomic E-state index is 12.9. The van der Waals surface area contributed by atoms with Crippen LogP contribution in [0.4, 0.5) is 14.5 Å². The van der Waals surface area contributed by atoms with Crippen LogP contribution in [0.2, 0.25) is 0 Å². The standard InChI is InChI=1S/C22H23F2N3O6S/c23-22(24)34(30,31)19-8-4-1-5-15(19)25-20(28)13-26-9-11-27(12-10-26)21(29)18-14-32-16-6-2-3-7-17(16)33-18/h1-8,18,22H,9-14H2,(H,25,28)/t18-/m0/s1. The molecule has 34 heavy (non-hydrogen) atoms. The highest BCUT2D eigenvalue weighted by atomic mass is 32.2. The summed E-state index contributed by atoms with van der Waals surface area (Å²) in [6.45, 7) is 1.56. The zero-order valence-corrected chi connectivity index (χ0v) is 18.8. The molecule has 2 aromatic carbocycles. The van der Waals surface area contributed by atoms with Gasteiger partial charge < -0.3 is 19.7 Å². The Bertz CT molecular complexity index is 1170. The zero-order chi connectivity index (χ0) is 24.3. The van der Waals surface area contributed by atoms with E-state index in [-0.39, 0.29) is 24.7 Å². The Kier molecular flexibility index (Phi) is 6.98. The number of piperazine rings is 1. The molecule has 9 nitrogen and oxygen atoms in total. The number of nitrogens with one attached hydrogen (secondary N) is 1. The molecule has 0 saturated carbocycles. The predicted molar refractivity (Wildman–Crippen MR) is 118 cm³/mol. The number of ether oxygens (including phenoxy) is 2. The van der Waals surface area contributed by atoms with Gasteiger partial charge in [0.2, 0.25) is 21.8 Å². The summed E-state index contributed by atoms with van der Waals surface area (Å²) in [4.78, 5) is 28.1. The van der Waals surface area contributed by atoms with Crippen molar-refractivity contribution in [3.05, 3.63) is 48.5 Å². The summed E-state index contributed by atoms with van der Waals surface area (Å²) in [6.07, 6.45) is -0.752. The van der Waals surface area contributed by atoms with E-state index >= 15 is 0 Å². The van der Waals surface area contributed by atoms with Crippen molar-refractivity contribution < 1.29 is 36.3 Å². The van der Waals surface area contributed by atoms with Crippen LogP contribution in [0.5, 0.6) is 11.5 Å². The minimum Gasteiger partial charge on any atom is -0.485 e. The number of benzene rings is 2.